The molecule has 0 spiro atoms. The maximum Gasteiger partial charge on any atom is 0.250 e. The third kappa shape index (κ3) is 4.79. The second kappa shape index (κ2) is 10.0. The highest BCUT2D eigenvalue weighted by atomic mass is 32.2. The number of anilines is 2. The Morgan fingerprint density at radius 3 is 2.45 bits per heavy atom. The summed E-state index contributed by atoms with van der Waals surface area (Å²) in [4.78, 5) is 20.6. The van der Waals surface area contributed by atoms with E-state index >= 15 is 4.39 Å². The quantitative estimate of drug-likeness (QED) is 0.314. The van der Waals surface area contributed by atoms with Crippen LogP contribution in [0.5, 0.6) is 0 Å². The number of fused-ring (bicyclic) bond motifs is 1. The zero-order valence-corrected chi connectivity index (χ0v) is 22.1. The van der Waals surface area contributed by atoms with Gasteiger partial charge in [-0.1, -0.05) is 31.2 Å². The Kier molecular flexibility index (Phi) is 6.75. The largest absolute Gasteiger partial charge is 0.383 e. The monoisotopic (exact) mass is 532 g/mol. The molecule has 2 aromatic heterocycles. The fraction of sp³-hybridized carbons (Fsp3) is 0.250. The van der Waals surface area contributed by atoms with Gasteiger partial charge >= 0.3 is 0 Å². The summed E-state index contributed by atoms with van der Waals surface area (Å²) in [7, 11) is -0.585. The summed E-state index contributed by atoms with van der Waals surface area (Å²) in [6.45, 7) is 5.30. The summed E-state index contributed by atoms with van der Waals surface area (Å²) in [6, 6.07) is 12.0. The van der Waals surface area contributed by atoms with E-state index in [1.54, 1.807) is 31.2 Å². The highest BCUT2D eigenvalue weighted by Gasteiger charge is 2.23. The van der Waals surface area contributed by atoms with E-state index in [1.165, 1.54) is 12.4 Å². The normalized spacial score (nSPS) is 14.8. The number of hydrogen-bond acceptors (Lipinski definition) is 6. The number of aromatic nitrogens is 3. The number of hydrogen-bond donors (Lipinski definition) is 2. The highest BCUT2D eigenvalue weighted by Crippen LogP contribution is 2.42. The van der Waals surface area contributed by atoms with Crippen LogP contribution in [0.15, 0.2) is 65.3 Å². The Balaban J connectivity index is 1.64. The minimum Gasteiger partial charge on any atom is -0.383 e. The lowest BCUT2D eigenvalue weighted by molar-refractivity contribution is -0.112. The first-order valence-electron chi connectivity index (χ1n) is 12.4. The van der Waals surface area contributed by atoms with Gasteiger partial charge in [-0.2, -0.15) is 4.36 Å². The third-order valence-electron chi connectivity index (χ3n) is 6.73. The zero-order chi connectivity index (χ0) is 27.0. The summed E-state index contributed by atoms with van der Waals surface area (Å²) in [5.74, 6) is 0.460. The molecule has 0 unspecified atom stereocenters. The number of nitrogen functional groups attached to an aromatic ring is 1. The van der Waals surface area contributed by atoms with Crippen LogP contribution in [0, 0.1) is 5.82 Å². The van der Waals surface area contributed by atoms with Crippen LogP contribution in [0.1, 0.15) is 26.2 Å². The fourth-order valence-corrected chi connectivity index (χ4v) is 6.99. The van der Waals surface area contributed by atoms with Crippen molar-refractivity contribution in [3.63, 3.8) is 0 Å². The van der Waals surface area contributed by atoms with Crippen molar-refractivity contribution in [1.82, 2.24) is 14.5 Å². The Morgan fingerprint density at radius 1 is 1.11 bits per heavy atom. The zero-order valence-electron chi connectivity index (χ0n) is 21.3. The van der Waals surface area contributed by atoms with Crippen LogP contribution in [0.25, 0.3) is 33.4 Å². The number of aryl methyl sites for hydroxylation is 1. The van der Waals surface area contributed by atoms with Gasteiger partial charge in [-0.3, -0.25) is 4.79 Å². The molecule has 8 nitrogen and oxygen atoms in total. The minimum atomic E-state index is -2.44. The van der Waals surface area contributed by atoms with E-state index in [4.69, 9.17) is 5.73 Å². The van der Waals surface area contributed by atoms with Crippen LogP contribution in [0.3, 0.4) is 0 Å². The Morgan fingerprint density at radius 2 is 1.79 bits per heavy atom. The molecular weight excluding hydrogens is 503 g/mol. The van der Waals surface area contributed by atoms with Crippen molar-refractivity contribution >= 4 is 43.9 Å². The van der Waals surface area contributed by atoms with E-state index in [1.807, 2.05) is 23.7 Å². The van der Waals surface area contributed by atoms with E-state index in [-0.39, 0.29) is 17.4 Å². The summed E-state index contributed by atoms with van der Waals surface area (Å²) in [5.41, 5.74) is 10.8. The Hall–Kier alpha value is -4.05. The van der Waals surface area contributed by atoms with Gasteiger partial charge in [0.1, 0.15) is 29.3 Å². The van der Waals surface area contributed by atoms with Crippen LogP contribution in [0.4, 0.5) is 21.6 Å². The van der Waals surface area contributed by atoms with Gasteiger partial charge in [-0.15, -0.1) is 0 Å². The van der Waals surface area contributed by atoms with Crippen molar-refractivity contribution in [1.29, 1.82) is 0 Å². The molecule has 0 bridgehead atoms. The van der Waals surface area contributed by atoms with Gasteiger partial charge in [-0.05, 0) is 55.2 Å². The van der Waals surface area contributed by atoms with Crippen molar-refractivity contribution < 1.29 is 13.4 Å². The van der Waals surface area contributed by atoms with Crippen molar-refractivity contribution in [2.45, 2.75) is 26.2 Å². The lowest BCUT2D eigenvalue weighted by Gasteiger charge is -2.15. The van der Waals surface area contributed by atoms with Gasteiger partial charge in [0.15, 0.2) is 0 Å². The first-order valence-corrected chi connectivity index (χ1v) is 14.2. The number of halogens is 1. The molecule has 0 saturated carbocycles. The second-order valence-electron chi connectivity index (χ2n) is 9.55. The molecule has 0 atom stereocenters. The van der Waals surface area contributed by atoms with Crippen LogP contribution >= 0.6 is 0 Å². The first kappa shape index (κ1) is 25.6. The van der Waals surface area contributed by atoms with Crippen LogP contribution < -0.4 is 11.1 Å². The molecule has 196 valence electrons. The van der Waals surface area contributed by atoms with Crippen LogP contribution in [-0.4, -0.2) is 36.2 Å². The Bertz CT molecular complexity index is 1690. The lowest BCUT2D eigenvalue weighted by atomic mass is 9.98. The second-order valence-corrected chi connectivity index (χ2v) is 12.1. The smallest absolute Gasteiger partial charge is 0.250 e. The number of benzene rings is 2. The molecule has 3 N–H and O–H groups in total. The maximum absolute atomic E-state index is 15.4. The van der Waals surface area contributed by atoms with Crippen molar-refractivity contribution in [3.8, 4) is 22.4 Å². The van der Waals surface area contributed by atoms with E-state index in [2.05, 4.69) is 26.2 Å². The molecule has 38 heavy (non-hydrogen) atoms. The molecule has 1 fully saturated rings. The summed E-state index contributed by atoms with van der Waals surface area (Å²) in [6.07, 6.45) is 4.11. The molecule has 1 aliphatic rings. The number of carbonyl (C=O) groups is 1. The summed E-state index contributed by atoms with van der Waals surface area (Å²) < 4.78 is 34.7. The molecule has 1 saturated heterocycles. The summed E-state index contributed by atoms with van der Waals surface area (Å²) in [5, 5.41) is 3.40. The molecule has 0 radical (unpaired) electrons. The lowest BCUT2D eigenvalue weighted by Crippen LogP contribution is -2.15. The third-order valence-corrected chi connectivity index (χ3v) is 9.11. The number of nitrogens with two attached hydrogens (primary N) is 1. The molecular formula is C28H29FN6O2S. The predicted octanol–water partition coefficient (Wildman–Crippen LogP) is 5.82. The van der Waals surface area contributed by atoms with E-state index in [0.29, 0.717) is 44.9 Å². The molecule has 3 heterocycles. The average Bonchev–Trinajstić information content (AvgIpc) is 3.19. The van der Waals surface area contributed by atoms with Crippen molar-refractivity contribution in [3.05, 3.63) is 66.8 Å². The average molecular weight is 533 g/mol. The highest BCUT2D eigenvalue weighted by molar-refractivity contribution is 7.93. The number of nitrogens with one attached hydrogen (secondary N) is 1. The fourth-order valence-electron chi connectivity index (χ4n) is 4.78. The topological polar surface area (TPSA) is 115 Å². The molecule has 0 aliphatic carbocycles. The minimum absolute atomic E-state index is 0.101. The number of carbonyl (C=O) groups excluding carboxylic acids is 1. The SMILES string of the molecule is C=C(C)C(=O)Nc1ccc(-c2c(-c3ccc(N=S4(=O)CCCCC4)c(F)c3)c3c(N)ncnc3n2C)cc1. The molecule has 10 heteroatoms. The molecule has 5 rings (SSSR count). The number of rotatable bonds is 5. The van der Waals surface area contributed by atoms with Crippen LogP contribution in [0.2, 0.25) is 0 Å². The van der Waals surface area contributed by atoms with E-state index < -0.39 is 15.5 Å². The Labute approximate surface area is 221 Å². The maximum atomic E-state index is 15.4. The van der Waals surface area contributed by atoms with E-state index in [9.17, 15) is 9.00 Å². The van der Waals surface area contributed by atoms with Crippen molar-refractivity contribution in [2.75, 3.05) is 22.6 Å². The van der Waals surface area contributed by atoms with Gasteiger partial charge in [0, 0.05) is 35.4 Å². The number of nitrogens with zero attached hydrogens (tertiary/aromatic N) is 4. The van der Waals surface area contributed by atoms with Crippen molar-refractivity contribution in [2.24, 2.45) is 11.4 Å². The summed E-state index contributed by atoms with van der Waals surface area (Å²) >= 11 is 0. The molecule has 2 aromatic carbocycles. The van der Waals surface area contributed by atoms with Gasteiger partial charge in [0.25, 0.3) is 5.91 Å². The van der Waals surface area contributed by atoms with Gasteiger partial charge < -0.3 is 15.6 Å². The number of amides is 1. The van der Waals surface area contributed by atoms with Gasteiger partial charge in [0.05, 0.1) is 20.8 Å². The van der Waals surface area contributed by atoms with E-state index in [0.717, 1.165) is 30.5 Å². The first-order chi connectivity index (χ1) is 18.2. The van der Waals surface area contributed by atoms with Crippen LogP contribution in [-0.2, 0) is 21.6 Å². The van der Waals surface area contributed by atoms with Gasteiger partial charge in [-0.25, -0.2) is 18.6 Å². The molecule has 1 aliphatic heterocycles. The molecule has 4 aromatic rings. The molecule has 1 amide bonds. The standard InChI is InChI=1S/C28H29FN6O2S/c1-17(2)28(36)33-20-10-7-18(8-11-20)25-23(24-26(30)31-16-32-27(24)35(25)3)19-9-12-22(21(29)15-19)34-38(37)13-5-4-6-14-38/h7-12,15-16H,1,4-6,13-14H2,2-3H3,(H,33,36)(H2,30,31,32). The van der Waals surface area contributed by atoms with Gasteiger partial charge in [0.2, 0.25) is 0 Å². The predicted molar refractivity (Wildman–Crippen MR) is 151 cm³/mol.